The monoisotopic (exact) mass is 310 g/mol. The van der Waals surface area contributed by atoms with Crippen LogP contribution in [0.1, 0.15) is 67.4 Å². The summed E-state index contributed by atoms with van der Waals surface area (Å²) in [6.45, 7) is 15.8. The Kier molecular flexibility index (Phi) is 12.5. The molecule has 0 saturated heterocycles. The molecule has 0 radical (unpaired) electrons. The molecule has 0 unspecified atom stereocenters. The summed E-state index contributed by atoms with van der Waals surface area (Å²) in [7, 11) is 1.58. The van der Waals surface area contributed by atoms with Crippen molar-refractivity contribution in [1.82, 2.24) is 0 Å². The predicted molar refractivity (Wildman–Crippen MR) is 94.8 cm³/mol. The van der Waals surface area contributed by atoms with Gasteiger partial charge in [0.15, 0.2) is 11.5 Å². The standard InChI is InChI=1S/C15H22O3.2C2H6/c1-6-11-8-9-12(13(10-11)17-5)18-14(16)15(3,4)7-2;2*1-2/h8-10H,6-7H2,1-5H3;2*1-2H3. The highest BCUT2D eigenvalue weighted by molar-refractivity contribution is 5.78. The van der Waals surface area contributed by atoms with Gasteiger partial charge >= 0.3 is 5.97 Å². The first-order valence-corrected chi connectivity index (χ1v) is 8.33. The number of methoxy groups -OCH3 is 1. The Morgan fingerprint density at radius 3 is 2.00 bits per heavy atom. The number of carbonyl (C=O) groups is 1. The Morgan fingerprint density at radius 2 is 1.59 bits per heavy atom. The highest BCUT2D eigenvalue weighted by Crippen LogP contribution is 2.31. The molecule has 0 aliphatic rings. The molecule has 22 heavy (non-hydrogen) atoms. The van der Waals surface area contributed by atoms with Gasteiger partial charge < -0.3 is 9.47 Å². The smallest absolute Gasteiger partial charge is 0.317 e. The van der Waals surface area contributed by atoms with Crippen molar-refractivity contribution in [3.8, 4) is 11.5 Å². The SMILES string of the molecule is CC.CC.CCc1ccc(OC(=O)C(C)(C)CC)c(OC)c1. The van der Waals surface area contributed by atoms with Crippen molar-refractivity contribution in [2.75, 3.05) is 7.11 Å². The number of hydrogen-bond acceptors (Lipinski definition) is 3. The molecule has 0 bridgehead atoms. The van der Waals surface area contributed by atoms with Crippen LogP contribution in [0, 0.1) is 5.41 Å². The van der Waals surface area contributed by atoms with Crippen LogP contribution < -0.4 is 9.47 Å². The Morgan fingerprint density at radius 1 is 1.05 bits per heavy atom. The summed E-state index contributed by atoms with van der Waals surface area (Å²) < 4.78 is 10.7. The largest absolute Gasteiger partial charge is 0.493 e. The Bertz CT molecular complexity index is 423. The van der Waals surface area contributed by atoms with E-state index in [9.17, 15) is 4.79 Å². The lowest BCUT2D eigenvalue weighted by molar-refractivity contribution is -0.144. The Labute approximate surface area is 137 Å². The van der Waals surface area contributed by atoms with Gasteiger partial charge in [-0.15, -0.1) is 0 Å². The van der Waals surface area contributed by atoms with Crippen LogP contribution in [0.4, 0.5) is 0 Å². The van der Waals surface area contributed by atoms with Gasteiger partial charge in [-0.2, -0.15) is 0 Å². The van der Waals surface area contributed by atoms with Gasteiger partial charge in [0, 0.05) is 0 Å². The van der Waals surface area contributed by atoms with Crippen molar-refractivity contribution >= 4 is 5.97 Å². The number of carbonyl (C=O) groups excluding carboxylic acids is 1. The van der Waals surface area contributed by atoms with Crippen molar-refractivity contribution in [2.24, 2.45) is 5.41 Å². The average Bonchev–Trinajstić information content (AvgIpc) is 2.58. The third-order valence-corrected chi connectivity index (χ3v) is 3.28. The van der Waals surface area contributed by atoms with Gasteiger partial charge in [-0.1, -0.05) is 47.6 Å². The second-order valence-corrected chi connectivity index (χ2v) is 4.97. The van der Waals surface area contributed by atoms with Crippen LogP contribution in [0.5, 0.6) is 11.5 Å². The van der Waals surface area contributed by atoms with Gasteiger partial charge in [0.2, 0.25) is 0 Å². The summed E-state index contributed by atoms with van der Waals surface area (Å²) in [6, 6.07) is 5.65. The maximum Gasteiger partial charge on any atom is 0.317 e. The van der Waals surface area contributed by atoms with Crippen molar-refractivity contribution in [2.45, 2.75) is 68.2 Å². The van der Waals surface area contributed by atoms with E-state index in [0.29, 0.717) is 11.5 Å². The molecule has 1 aromatic rings. The molecule has 0 spiro atoms. The number of esters is 1. The summed E-state index contributed by atoms with van der Waals surface area (Å²) in [4.78, 5) is 12.0. The second kappa shape index (κ2) is 12.1. The lowest BCUT2D eigenvalue weighted by atomic mass is 9.91. The van der Waals surface area contributed by atoms with Crippen LogP contribution in [0.2, 0.25) is 0 Å². The molecule has 0 aliphatic carbocycles. The maximum atomic E-state index is 12.0. The molecule has 1 aromatic carbocycles. The number of benzene rings is 1. The van der Waals surface area contributed by atoms with E-state index in [4.69, 9.17) is 9.47 Å². The minimum atomic E-state index is -0.478. The zero-order valence-corrected chi connectivity index (χ0v) is 15.9. The zero-order chi connectivity index (χ0) is 17.8. The number of rotatable bonds is 5. The molecule has 0 aliphatic heterocycles. The highest BCUT2D eigenvalue weighted by Gasteiger charge is 2.28. The molecule has 1 rings (SSSR count). The molecule has 0 heterocycles. The molecular weight excluding hydrogens is 276 g/mol. The molecule has 0 fully saturated rings. The fourth-order valence-electron chi connectivity index (χ4n) is 1.40. The Hall–Kier alpha value is -1.51. The van der Waals surface area contributed by atoms with E-state index < -0.39 is 5.41 Å². The molecule has 0 saturated carbocycles. The number of hydrogen-bond donors (Lipinski definition) is 0. The molecule has 128 valence electrons. The number of aryl methyl sites for hydroxylation is 1. The predicted octanol–water partition coefficient (Wildman–Crippen LogP) is 5.65. The van der Waals surface area contributed by atoms with E-state index in [1.54, 1.807) is 13.2 Å². The van der Waals surface area contributed by atoms with Crippen molar-refractivity contribution in [1.29, 1.82) is 0 Å². The van der Waals surface area contributed by atoms with Crippen molar-refractivity contribution < 1.29 is 14.3 Å². The average molecular weight is 310 g/mol. The van der Waals surface area contributed by atoms with E-state index in [0.717, 1.165) is 18.4 Å². The van der Waals surface area contributed by atoms with E-state index in [1.165, 1.54) is 0 Å². The molecular formula is C19H34O3. The molecule has 3 heteroatoms. The van der Waals surface area contributed by atoms with Crippen LogP contribution in [0.3, 0.4) is 0 Å². The highest BCUT2D eigenvalue weighted by atomic mass is 16.6. The normalized spacial score (nSPS) is 9.68. The first-order chi connectivity index (χ1) is 10.4. The number of ether oxygens (including phenoxy) is 2. The first-order valence-electron chi connectivity index (χ1n) is 8.33. The van der Waals surface area contributed by atoms with Gasteiger partial charge in [0.05, 0.1) is 12.5 Å². The summed E-state index contributed by atoms with van der Waals surface area (Å²) in [6.07, 6.45) is 1.66. The first kappa shape index (κ1) is 22.8. The van der Waals surface area contributed by atoms with E-state index in [1.807, 2.05) is 60.6 Å². The minimum absolute atomic E-state index is 0.229. The van der Waals surface area contributed by atoms with Crippen LogP contribution in [-0.4, -0.2) is 13.1 Å². The fraction of sp³-hybridized carbons (Fsp3) is 0.632. The van der Waals surface area contributed by atoms with E-state index >= 15 is 0 Å². The molecule has 0 amide bonds. The van der Waals surface area contributed by atoms with Crippen LogP contribution in [-0.2, 0) is 11.2 Å². The molecule has 0 aromatic heterocycles. The third-order valence-electron chi connectivity index (χ3n) is 3.28. The van der Waals surface area contributed by atoms with Crippen LogP contribution >= 0.6 is 0 Å². The van der Waals surface area contributed by atoms with Gasteiger partial charge in [-0.05, 0) is 44.4 Å². The second-order valence-electron chi connectivity index (χ2n) is 4.97. The van der Waals surface area contributed by atoms with E-state index in [-0.39, 0.29) is 5.97 Å². The van der Waals surface area contributed by atoms with Gasteiger partial charge in [0.1, 0.15) is 0 Å². The molecule has 0 N–H and O–H groups in total. The third kappa shape index (κ3) is 6.97. The molecule has 3 nitrogen and oxygen atoms in total. The van der Waals surface area contributed by atoms with Crippen molar-refractivity contribution in [3.63, 3.8) is 0 Å². The fourth-order valence-corrected chi connectivity index (χ4v) is 1.40. The van der Waals surface area contributed by atoms with Crippen LogP contribution in [0.25, 0.3) is 0 Å². The van der Waals surface area contributed by atoms with Crippen LogP contribution in [0.15, 0.2) is 18.2 Å². The minimum Gasteiger partial charge on any atom is -0.493 e. The summed E-state index contributed by atoms with van der Waals surface area (Å²) >= 11 is 0. The lowest BCUT2D eigenvalue weighted by Gasteiger charge is -2.21. The van der Waals surface area contributed by atoms with Gasteiger partial charge in [-0.25, -0.2) is 0 Å². The quantitative estimate of drug-likeness (QED) is 0.520. The van der Waals surface area contributed by atoms with Crippen molar-refractivity contribution in [3.05, 3.63) is 23.8 Å². The zero-order valence-electron chi connectivity index (χ0n) is 15.9. The van der Waals surface area contributed by atoms with Gasteiger partial charge in [-0.3, -0.25) is 4.79 Å². The lowest BCUT2D eigenvalue weighted by Crippen LogP contribution is -2.28. The van der Waals surface area contributed by atoms with Gasteiger partial charge in [0.25, 0.3) is 0 Å². The molecule has 0 atom stereocenters. The summed E-state index contributed by atoms with van der Waals surface area (Å²) in [5, 5.41) is 0. The summed E-state index contributed by atoms with van der Waals surface area (Å²) in [5.41, 5.74) is 0.676. The summed E-state index contributed by atoms with van der Waals surface area (Å²) in [5.74, 6) is 0.864. The topological polar surface area (TPSA) is 35.5 Å². The van der Waals surface area contributed by atoms with E-state index in [2.05, 4.69) is 6.92 Å². The maximum absolute atomic E-state index is 12.0. The Balaban J connectivity index is 0.